The zero-order chi connectivity index (χ0) is 19.5. The van der Waals surface area contributed by atoms with Crippen molar-refractivity contribution >= 4 is 17.7 Å². The summed E-state index contributed by atoms with van der Waals surface area (Å²) in [4.78, 5) is 6.72. The molecule has 154 valence electrons. The van der Waals surface area contributed by atoms with Crippen LogP contribution in [0.15, 0.2) is 10.1 Å². The van der Waals surface area contributed by atoms with Gasteiger partial charge in [-0.05, 0) is 18.6 Å². The fourth-order valence-corrected chi connectivity index (χ4v) is 3.56. The predicted molar refractivity (Wildman–Crippen MR) is 112 cm³/mol. The van der Waals surface area contributed by atoms with Crippen molar-refractivity contribution in [1.82, 2.24) is 30.3 Å². The van der Waals surface area contributed by atoms with Crippen LogP contribution < -0.4 is 10.6 Å². The van der Waals surface area contributed by atoms with Gasteiger partial charge in [0.05, 0.1) is 13.2 Å². The average Bonchev–Trinajstić information content (AvgIpc) is 3.05. The van der Waals surface area contributed by atoms with Gasteiger partial charge in [-0.15, -0.1) is 10.2 Å². The maximum atomic E-state index is 5.38. The van der Waals surface area contributed by atoms with E-state index >= 15 is 0 Å². The SMILES string of the molecule is CN=C(NCCCc1nnc(SC)n1CC(C)C)NCCN1CCOCC1. The largest absolute Gasteiger partial charge is 0.379 e. The summed E-state index contributed by atoms with van der Waals surface area (Å²) in [5.41, 5.74) is 0. The van der Waals surface area contributed by atoms with Gasteiger partial charge in [0.2, 0.25) is 0 Å². The van der Waals surface area contributed by atoms with Crippen molar-refractivity contribution in [1.29, 1.82) is 0 Å². The Kier molecular flexibility index (Phi) is 9.93. The zero-order valence-corrected chi connectivity index (χ0v) is 18.0. The topological polar surface area (TPSA) is 79.6 Å². The second kappa shape index (κ2) is 12.2. The van der Waals surface area contributed by atoms with E-state index < -0.39 is 0 Å². The highest BCUT2D eigenvalue weighted by molar-refractivity contribution is 7.98. The third-order valence-electron chi connectivity index (χ3n) is 4.44. The normalized spacial score (nSPS) is 16.1. The first-order chi connectivity index (χ1) is 13.1. The van der Waals surface area contributed by atoms with Gasteiger partial charge < -0.3 is 19.9 Å². The van der Waals surface area contributed by atoms with E-state index in [1.54, 1.807) is 11.8 Å². The summed E-state index contributed by atoms with van der Waals surface area (Å²) < 4.78 is 7.63. The van der Waals surface area contributed by atoms with Crippen LogP contribution in [-0.4, -0.2) is 84.9 Å². The number of aryl methyl sites for hydroxylation is 1. The molecule has 1 aliphatic heterocycles. The second-order valence-corrected chi connectivity index (χ2v) is 7.86. The first-order valence-electron chi connectivity index (χ1n) is 9.84. The number of aromatic nitrogens is 3. The third kappa shape index (κ3) is 7.67. The van der Waals surface area contributed by atoms with Gasteiger partial charge >= 0.3 is 0 Å². The number of hydrogen-bond donors (Lipinski definition) is 2. The van der Waals surface area contributed by atoms with E-state index in [-0.39, 0.29) is 0 Å². The van der Waals surface area contributed by atoms with Crippen LogP contribution in [0.3, 0.4) is 0 Å². The maximum absolute atomic E-state index is 5.38. The molecule has 0 unspecified atom stereocenters. The minimum atomic E-state index is 0.582. The molecule has 0 amide bonds. The van der Waals surface area contributed by atoms with Crippen LogP contribution in [0.1, 0.15) is 26.1 Å². The van der Waals surface area contributed by atoms with Crippen LogP contribution in [-0.2, 0) is 17.7 Å². The van der Waals surface area contributed by atoms with Gasteiger partial charge in [-0.25, -0.2) is 0 Å². The minimum Gasteiger partial charge on any atom is -0.379 e. The summed E-state index contributed by atoms with van der Waals surface area (Å²) in [6.45, 7) is 11.9. The van der Waals surface area contributed by atoms with E-state index in [2.05, 4.69) is 55.4 Å². The number of thioether (sulfide) groups is 1. The monoisotopic (exact) mass is 397 g/mol. The lowest BCUT2D eigenvalue weighted by molar-refractivity contribution is 0.0389. The standard InChI is InChI=1S/C18H35N7OS/c1-15(2)14-25-16(22-23-18(25)27-4)6-5-7-20-17(19-3)21-8-9-24-10-12-26-13-11-24/h15H,5-14H2,1-4H3,(H2,19,20,21). The molecule has 2 heterocycles. The van der Waals surface area contributed by atoms with Crippen molar-refractivity contribution in [2.75, 3.05) is 59.2 Å². The Bertz CT molecular complexity index is 570. The quantitative estimate of drug-likeness (QED) is 0.265. The summed E-state index contributed by atoms with van der Waals surface area (Å²) >= 11 is 1.66. The molecular formula is C18H35N7OS. The molecule has 1 aromatic rings. The van der Waals surface area contributed by atoms with Gasteiger partial charge in [-0.1, -0.05) is 25.6 Å². The number of rotatable bonds is 10. The first kappa shape index (κ1) is 22.0. The molecule has 27 heavy (non-hydrogen) atoms. The third-order valence-corrected chi connectivity index (χ3v) is 5.11. The van der Waals surface area contributed by atoms with E-state index in [1.165, 1.54) is 0 Å². The molecular weight excluding hydrogens is 362 g/mol. The van der Waals surface area contributed by atoms with E-state index in [4.69, 9.17) is 4.74 Å². The van der Waals surface area contributed by atoms with Crippen molar-refractivity contribution in [3.63, 3.8) is 0 Å². The number of ether oxygens (including phenoxy) is 1. The molecule has 0 bridgehead atoms. The Morgan fingerprint density at radius 3 is 2.63 bits per heavy atom. The Labute approximate surface area is 167 Å². The van der Waals surface area contributed by atoms with Gasteiger partial charge in [0.15, 0.2) is 11.1 Å². The second-order valence-electron chi connectivity index (χ2n) is 7.09. The van der Waals surface area contributed by atoms with Crippen molar-refractivity contribution in [2.45, 2.75) is 38.4 Å². The number of nitrogens with zero attached hydrogens (tertiary/aromatic N) is 5. The smallest absolute Gasteiger partial charge is 0.191 e. The van der Waals surface area contributed by atoms with E-state index in [1.807, 2.05) is 7.05 Å². The van der Waals surface area contributed by atoms with Gasteiger partial charge in [-0.3, -0.25) is 9.89 Å². The predicted octanol–water partition coefficient (Wildman–Crippen LogP) is 1.09. The number of guanidine groups is 1. The molecule has 2 N–H and O–H groups in total. The van der Waals surface area contributed by atoms with Gasteiger partial charge in [0, 0.05) is 52.7 Å². The fraction of sp³-hybridized carbons (Fsp3) is 0.833. The molecule has 0 aliphatic carbocycles. The highest BCUT2D eigenvalue weighted by Gasteiger charge is 2.12. The van der Waals surface area contributed by atoms with E-state index in [0.717, 1.165) is 82.3 Å². The molecule has 8 nitrogen and oxygen atoms in total. The summed E-state index contributed by atoms with van der Waals surface area (Å²) in [6.07, 6.45) is 3.96. The van der Waals surface area contributed by atoms with Crippen molar-refractivity contribution in [3.05, 3.63) is 5.82 Å². The van der Waals surface area contributed by atoms with Crippen LogP contribution in [0.4, 0.5) is 0 Å². The van der Waals surface area contributed by atoms with Crippen molar-refractivity contribution in [2.24, 2.45) is 10.9 Å². The Morgan fingerprint density at radius 1 is 1.22 bits per heavy atom. The first-order valence-corrected chi connectivity index (χ1v) is 11.1. The molecule has 0 atom stereocenters. The molecule has 1 fully saturated rings. The molecule has 9 heteroatoms. The number of morpholine rings is 1. The van der Waals surface area contributed by atoms with Crippen molar-refractivity contribution in [3.8, 4) is 0 Å². The molecule has 2 rings (SSSR count). The lowest BCUT2D eigenvalue weighted by Gasteiger charge is -2.26. The lowest BCUT2D eigenvalue weighted by atomic mass is 10.2. The summed E-state index contributed by atoms with van der Waals surface area (Å²) in [5, 5.41) is 16.5. The fourth-order valence-electron chi connectivity index (χ4n) is 3.03. The Hall–Kier alpha value is -1.32. The average molecular weight is 398 g/mol. The molecule has 0 radical (unpaired) electrons. The highest BCUT2D eigenvalue weighted by Crippen LogP contribution is 2.16. The van der Waals surface area contributed by atoms with Crippen LogP contribution in [0.2, 0.25) is 0 Å². The zero-order valence-electron chi connectivity index (χ0n) is 17.2. The Morgan fingerprint density at radius 2 is 1.96 bits per heavy atom. The van der Waals surface area contributed by atoms with Gasteiger partial charge in [-0.2, -0.15) is 0 Å². The van der Waals surface area contributed by atoms with Crippen molar-refractivity contribution < 1.29 is 4.74 Å². The molecule has 0 spiro atoms. The number of nitrogens with one attached hydrogen (secondary N) is 2. The van der Waals surface area contributed by atoms with E-state index in [9.17, 15) is 0 Å². The number of hydrogen-bond acceptors (Lipinski definition) is 6. The molecule has 1 aromatic heterocycles. The summed E-state index contributed by atoms with van der Waals surface area (Å²) in [5.74, 6) is 2.51. The van der Waals surface area contributed by atoms with Crippen LogP contribution in [0, 0.1) is 5.92 Å². The number of aliphatic imine (C=N–C) groups is 1. The lowest BCUT2D eigenvalue weighted by Crippen LogP contribution is -2.44. The summed E-state index contributed by atoms with van der Waals surface area (Å²) in [7, 11) is 1.81. The molecule has 0 aromatic carbocycles. The maximum Gasteiger partial charge on any atom is 0.191 e. The molecule has 1 aliphatic rings. The van der Waals surface area contributed by atoms with Gasteiger partial charge in [0.25, 0.3) is 0 Å². The summed E-state index contributed by atoms with van der Waals surface area (Å²) in [6, 6.07) is 0. The molecule has 1 saturated heterocycles. The Balaban J connectivity index is 1.68. The van der Waals surface area contributed by atoms with Crippen LogP contribution in [0.25, 0.3) is 0 Å². The molecule has 0 saturated carbocycles. The minimum absolute atomic E-state index is 0.582. The van der Waals surface area contributed by atoms with Crippen LogP contribution >= 0.6 is 11.8 Å². The highest BCUT2D eigenvalue weighted by atomic mass is 32.2. The van der Waals surface area contributed by atoms with Gasteiger partial charge in [0.1, 0.15) is 5.82 Å². The van der Waals surface area contributed by atoms with E-state index in [0.29, 0.717) is 5.92 Å². The van der Waals surface area contributed by atoms with Crippen LogP contribution in [0.5, 0.6) is 0 Å².